The zero-order valence-corrected chi connectivity index (χ0v) is 10.8. The topological polar surface area (TPSA) is 55.1 Å². The van der Waals surface area contributed by atoms with Crippen LogP contribution in [0.15, 0.2) is 42.5 Å². The molecule has 0 aromatic heterocycles. The van der Waals surface area contributed by atoms with Gasteiger partial charge >= 0.3 is 0 Å². The zero-order chi connectivity index (χ0) is 13.1. The van der Waals surface area contributed by atoms with Gasteiger partial charge in [-0.1, -0.05) is 41.4 Å². The lowest BCUT2D eigenvalue weighted by Gasteiger charge is -2.07. The van der Waals surface area contributed by atoms with Crippen molar-refractivity contribution in [2.45, 2.75) is 0 Å². The van der Waals surface area contributed by atoms with Crippen molar-refractivity contribution < 1.29 is 4.79 Å². The summed E-state index contributed by atoms with van der Waals surface area (Å²) in [6.45, 7) is 0. The van der Waals surface area contributed by atoms with E-state index in [1.165, 1.54) is 12.1 Å². The molecule has 5 heteroatoms. The molecule has 18 heavy (non-hydrogen) atoms. The Morgan fingerprint density at radius 3 is 2.39 bits per heavy atom. The highest BCUT2D eigenvalue weighted by atomic mass is 35.5. The Balaban J connectivity index is 2.25. The number of nitrogens with two attached hydrogens (primary N) is 1. The SMILES string of the molecule is Nc1cc(C(=O)Nc2ccccc2)cc(Cl)c1Cl. The highest BCUT2D eigenvalue weighted by molar-refractivity contribution is 6.44. The van der Waals surface area contributed by atoms with Crippen LogP contribution in [0.4, 0.5) is 11.4 Å². The number of rotatable bonds is 2. The van der Waals surface area contributed by atoms with Crippen LogP contribution in [0.2, 0.25) is 10.0 Å². The summed E-state index contributed by atoms with van der Waals surface area (Å²) in [5.74, 6) is -0.286. The van der Waals surface area contributed by atoms with Crippen LogP contribution in [0, 0.1) is 0 Å². The molecule has 2 aromatic rings. The smallest absolute Gasteiger partial charge is 0.255 e. The van der Waals surface area contributed by atoms with Gasteiger partial charge in [-0.2, -0.15) is 0 Å². The van der Waals surface area contributed by atoms with Crippen molar-refractivity contribution in [1.82, 2.24) is 0 Å². The van der Waals surface area contributed by atoms with Crippen molar-refractivity contribution in [3.05, 3.63) is 58.1 Å². The molecule has 0 atom stereocenters. The summed E-state index contributed by atoms with van der Waals surface area (Å²) in [6, 6.07) is 12.1. The van der Waals surface area contributed by atoms with E-state index in [4.69, 9.17) is 28.9 Å². The third kappa shape index (κ3) is 2.75. The first-order chi connectivity index (χ1) is 8.58. The molecule has 0 radical (unpaired) electrons. The van der Waals surface area contributed by atoms with Gasteiger partial charge in [-0.25, -0.2) is 0 Å². The van der Waals surface area contributed by atoms with Gasteiger partial charge in [0.05, 0.1) is 15.7 Å². The molecule has 3 N–H and O–H groups in total. The van der Waals surface area contributed by atoms with Gasteiger partial charge in [0.15, 0.2) is 0 Å². The van der Waals surface area contributed by atoms with Crippen LogP contribution in [0.25, 0.3) is 0 Å². The minimum absolute atomic E-state index is 0.257. The van der Waals surface area contributed by atoms with Crippen LogP contribution >= 0.6 is 23.2 Å². The Bertz CT molecular complexity index is 562. The second-order valence-corrected chi connectivity index (χ2v) is 4.47. The fraction of sp³-hybridized carbons (Fsp3) is 0. The van der Waals surface area contributed by atoms with E-state index in [0.29, 0.717) is 11.3 Å². The largest absolute Gasteiger partial charge is 0.397 e. The molecular formula is C13H10Cl2N2O. The number of anilines is 2. The summed E-state index contributed by atoms with van der Waals surface area (Å²) < 4.78 is 0. The van der Waals surface area contributed by atoms with Crippen molar-refractivity contribution in [3.8, 4) is 0 Å². The molecule has 0 bridgehead atoms. The van der Waals surface area contributed by atoms with Crippen LogP contribution in [0.5, 0.6) is 0 Å². The molecule has 2 rings (SSSR count). The molecule has 0 aliphatic heterocycles. The van der Waals surface area contributed by atoms with E-state index in [9.17, 15) is 4.79 Å². The molecule has 0 heterocycles. The normalized spacial score (nSPS) is 10.1. The third-order valence-corrected chi connectivity index (χ3v) is 3.17. The van der Waals surface area contributed by atoms with Crippen LogP contribution in [-0.2, 0) is 0 Å². The molecule has 3 nitrogen and oxygen atoms in total. The second kappa shape index (κ2) is 5.29. The van der Waals surface area contributed by atoms with Crippen LogP contribution in [0.3, 0.4) is 0 Å². The summed E-state index contributed by atoms with van der Waals surface area (Å²) in [5, 5.41) is 3.25. The molecule has 1 amide bonds. The number of nitrogens with one attached hydrogen (secondary N) is 1. The first-order valence-corrected chi connectivity index (χ1v) is 5.94. The van der Waals surface area contributed by atoms with Gasteiger partial charge < -0.3 is 11.1 Å². The number of amides is 1. The van der Waals surface area contributed by atoms with Gasteiger partial charge in [0.25, 0.3) is 5.91 Å². The number of nitrogen functional groups attached to an aromatic ring is 1. The Kier molecular flexibility index (Phi) is 3.75. The summed E-state index contributed by atoms with van der Waals surface area (Å²) in [7, 11) is 0. The number of carbonyl (C=O) groups is 1. The number of hydrogen-bond donors (Lipinski definition) is 2. The van der Waals surface area contributed by atoms with Crippen LogP contribution < -0.4 is 11.1 Å². The fourth-order valence-corrected chi connectivity index (χ4v) is 1.80. The monoisotopic (exact) mass is 280 g/mol. The molecule has 2 aromatic carbocycles. The Morgan fingerprint density at radius 1 is 1.11 bits per heavy atom. The maximum Gasteiger partial charge on any atom is 0.255 e. The molecule has 0 aliphatic carbocycles. The lowest BCUT2D eigenvalue weighted by atomic mass is 10.2. The highest BCUT2D eigenvalue weighted by Crippen LogP contribution is 2.29. The maximum absolute atomic E-state index is 12.0. The van der Waals surface area contributed by atoms with E-state index in [2.05, 4.69) is 5.32 Å². The van der Waals surface area contributed by atoms with Gasteiger partial charge in [0, 0.05) is 11.3 Å². The van der Waals surface area contributed by atoms with Crippen molar-refractivity contribution in [3.63, 3.8) is 0 Å². The Labute approximate surface area is 115 Å². The Hall–Kier alpha value is -1.71. The summed E-state index contributed by atoms with van der Waals surface area (Å²) >= 11 is 11.7. The molecule has 0 saturated carbocycles. The minimum atomic E-state index is -0.286. The highest BCUT2D eigenvalue weighted by Gasteiger charge is 2.11. The second-order valence-electron chi connectivity index (χ2n) is 3.68. The van der Waals surface area contributed by atoms with Gasteiger partial charge in [-0.15, -0.1) is 0 Å². The van der Waals surface area contributed by atoms with E-state index < -0.39 is 0 Å². The average Bonchev–Trinajstić information content (AvgIpc) is 2.36. The van der Waals surface area contributed by atoms with E-state index in [-0.39, 0.29) is 21.6 Å². The lowest BCUT2D eigenvalue weighted by molar-refractivity contribution is 0.102. The van der Waals surface area contributed by atoms with Crippen LogP contribution in [-0.4, -0.2) is 5.91 Å². The Morgan fingerprint density at radius 2 is 1.78 bits per heavy atom. The minimum Gasteiger partial charge on any atom is -0.397 e. The number of halogens is 2. The van der Waals surface area contributed by atoms with Gasteiger partial charge in [0.2, 0.25) is 0 Å². The van der Waals surface area contributed by atoms with E-state index in [1.807, 2.05) is 18.2 Å². The lowest BCUT2D eigenvalue weighted by Crippen LogP contribution is -2.12. The zero-order valence-electron chi connectivity index (χ0n) is 9.28. The number of para-hydroxylation sites is 1. The average molecular weight is 281 g/mol. The predicted molar refractivity (Wildman–Crippen MR) is 75.3 cm³/mol. The van der Waals surface area contributed by atoms with E-state index >= 15 is 0 Å². The molecule has 0 aliphatic rings. The number of hydrogen-bond acceptors (Lipinski definition) is 2. The molecular weight excluding hydrogens is 271 g/mol. The molecule has 0 fully saturated rings. The van der Waals surface area contributed by atoms with E-state index in [1.54, 1.807) is 12.1 Å². The van der Waals surface area contributed by atoms with E-state index in [0.717, 1.165) is 0 Å². The number of carbonyl (C=O) groups excluding carboxylic acids is 1. The third-order valence-electron chi connectivity index (χ3n) is 2.35. The first-order valence-electron chi connectivity index (χ1n) is 5.19. The van der Waals surface area contributed by atoms with Gasteiger partial charge in [0.1, 0.15) is 0 Å². The van der Waals surface area contributed by atoms with Crippen molar-refractivity contribution >= 4 is 40.5 Å². The number of benzene rings is 2. The van der Waals surface area contributed by atoms with Crippen molar-refractivity contribution in [1.29, 1.82) is 0 Å². The molecule has 0 saturated heterocycles. The summed E-state index contributed by atoms with van der Waals surface area (Å²) in [6.07, 6.45) is 0. The first kappa shape index (κ1) is 12.7. The van der Waals surface area contributed by atoms with Gasteiger partial charge in [-0.3, -0.25) is 4.79 Å². The van der Waals surface area contributed by atoms with Crippen molar-refractivity contribution in [2.24, 2.45) is 0 Å². The summed E-state index contributed by atoms with van der Waals surface area (Å²) in [4.78, 5) is 12.0. The van der Waals surface area contributed by atoms with Gasteiger partial charge in [-0.05, 0) is 24.3 Å². The summed E-state index contributed by atoms with van der Waals surface area (Å²) in [5.41, 5.74) is 7.00. The molecule has 0 unspecified atom stereocenters. The molecule has 0 spiro atoms. The van der Waals surface area contributed by atoms with Crippen LogP contribution in [0.1, 0.15) is 10.4 Å². The van der Waals surface area contributed by atoms with Crippen molar-refractivity contribution in [2.75, 3.05) is 11.1 Å². The molecule has 92 valence electrons. The fourth-order valence-electron chi connectivity index (χ4n) is 1.47. The predicted octanol–water partition coefficient (Wildman–Crippen LogP) is 3.83. The standard InChI is InChI=1S/C13H10Cl2N2O/c14-10-6-8(7-11(16)12(10)15)13(18)17-9-4-2-1-3-5-9/h1-7H,16H2,(H,17,18). The quantitative estimate of drug-likeness (QED) is 0.822. The maximum atomic E-state index is 12.0.